The van der Waals surface area contributed by atoms with Crippen LogP contribution in [-0.2, 0) is 0 Å². The van der Waals surface area contributed by atoms with Crippen molar-refractivity contribution < 1.29 is 0 Å². The van der Waals surface area contributed by atoms with Crippen molar-refractivity contribution in [2.75, 3.05) is 11.9 Å². The summed E-state index contributed by atoms with van der Waals surface area (Å²) in [5.74, 6) is 0. The van der Waals surface area contributed by atoms with E-state index in [1.54, 1.807) is 6.20 Å². The average Bonchev–Trinajstić information content (AvgIpc) is 2.27. The maximum absolute atomic E-state index is 5.85. The second-order valence-electron chi connectivity index (χ2n) is 5.34. The minimum Gasteiger partial charge on any atom is -0.384 e. The molecule has 3 heteroatoms. The summed E-state index contributed by atoms with van der Waals surface area (Å²) < 4.78 is 0. The first-order chi connectivity index (χ1) is 8.03. The Morgan fingerprint density at radius 1 is 1.35 bits per heavy atom. The lowest BCUT2D eigenvalue weighted by Crippen LogP contribution is -2.23. The van der Waals surface area contributed by atoms with Crippen molar-refractivity contribution in [1.29, 1.82) is 0 Å². The summed E-state index contributed by atoms with van der Waals surface area (Å²) in [7, 11) is 0. The van der Waals surface area contributed by atoms with E-state index in [9.17, 15) is 0 Å². The van der Waals surface area contributed by atoms with Crippen molar-refractivity contribution in [2.45, 2.75) is 46.5 Å². The summed E-state index contributed by atoms with van der Waals surface area (Å²) in [6, 6.07) is 3.82. The number of rotatable bonds is 7. The Kier molecular flexibility index (Phi) is 5.76. The molecule has 96 valence electrons. The van der Waals surface area contributed by atoms with Crippen molar-refractivity contribution in [3.05, 3.63) is 23.5 Å². The molecule has 0 amide bonds. The van der Waals surface area contributed by atoms with Gasteiger partial charge in [0.1, 0.15) is 5.15 Å². The third-order valence-electron chi connectivity index (χ3n) is 2.95. The Labute approximate surface area is 110 Å². The molecule has 0 atom stereocenters. The largest absolute Gasteiger partial charge is 0.384 e. The number of hydrogen-bond donors (Lipinski definition) is 1. The zero-order valence-electron chi connectivity index (χ0n) is 11.1. The van der Waals surface area contributed by atoms with Crippen molar-refractivity contribution in [3.8, 4) is 0 Å². The monoisotopic (exact) mass is 254 g/mol. The number of unbranched alkanes of at least 4 members (excludes halogenated alkanes) is 2. The van der Waals surface area contributed by atoms with E-state index < -0.39 is 0 Å². The van der Waals surface area contributed by atoms with Gasteiger partial charge in [0.2, 0.25) is 0 Å². The van der Waals surface area contributed by atoms with Crippen LogP contribution in [0.4, 0.5) is 5.69 Å². The highest BCUT2D eigenvalue weighted by atomic mass is 35.5. The third kappa shape index (κ3) is 5.92. The second-order valence-corrected chi connectivity index (χ2v) is 5.73. The van der Waals surface area contributed by atoms with Crippen molar-refractivity contribution >= 4 is 17.3 Å². The zero-order chi connectivity index (χ0) is 12.7. The average molecular weight is 255 g/mol. The van der Waals surface area contributed by atoms with Crippen LogP contribution in [0.25, 0.3) is 0 Å². The van der Waals surface area contributed by atoms with Crippen LogP contribution in [0, 0.1) is 5.41 Å². The van der Waals surface area contributed by atoms with E-state index in [2.05, 4.69) is 31.1 Å². The standard InChI is InChI=1S/C14H23ClN2/c1-4-5-6-8-14(2,3)11-17-12-7-9-16-13(15)10-12/h7,9-10H,4-6,8,11H2,1-3H3,(H,16,17). The van der Waals surface area contributed by atoms with Gasteiger partial charge in [0, 0.05) is 18.4 Å². The van der Waals surface area contributed by atoms with Crippen LogP contribution in [0.1, 0.15) is 46.5 Å². The number of aromatic nitrogens is 1. The number of pyridine rings is 1. The summed E-state index contributed by atoms with van der Waals surface area (Å²) in [4.78, 5) is 3.97. The molecule has 1 heterocycles. The fraction of sp³-hybridized carbons (Fsp3) is 0.643. The van der Waals surface area contributed by atoms with Gasteiger partial charge in [-0.1, -0.05) is 51.6 Å². The van der Waals surface area contributed by atoms with Gasteiger partial charge in [0.25, 0.3) is 0 Å². The molecule has 0 bridgehead atoms. The topological polar surface area (TPSA) is 24.9 Å². The third-order valence-corrected chi connectivity index (χ3v) is 3.16. The van der Waals surface area contributed by atoms with Gasteiger partial charge in [0.15, 0.2) is 0 Å². The molecule has 0 aliphatic rings. The smallest absolute Gasteiger partial charge is 0.131 e. The van der Waals surface area contributed by atoms with Crippen LogP contribution in [0.3, 0.4) is 0 Å². The van der Waals surface area contributed by atoms with Gasteiger partial charge in [-0.3, -0.25) is 0 Å². The first-order valence-electron chi connectivity index (χ1n) is 6.39. The highest BCUT2D eigenvalue weighted by molar-refractivity contribution is 6.29. The molecule has 17 heavy (non-hydrogen) atoms. The number of anilines is 1. The molecule has 0 unspecified atom stereocenters. The molecule has 0 aliphatic carbocycles. The molecule has 2 nitrogen and oxygen atoms in total. The van der Waals surface area contributed by atoms with Gasteiger partial charge in [-0.05, 0) is 24.0 Å². The number of halogens is 1. The summed E-state index contributed by atoms with van der Waals surface area (Å²) >= 11 is 5.85. The molecule has 0 aromatic carbocycles. The van der Waals surface area contributed by atoms with E-state index in [0.29, 0.717) is 10.6 Å². The highest BCUT2D eigenvalue weighted by Gasteiger charge is 2.16. The number of hydrogen-bond acceptors (Lipinski definition) is 2. The van der Waals surface area contributed by atoms with Crippen molar-refractivity contribution in [1.82, 2.24) is 4.98 Å². The lowest BCUT2D eigenvalue weighted by molar-refractivity contribution is 0.342. The Balaban J connectivity index is 2.38. The predicted octanol–water partition coefficient (Wildman–Crippen LogP) is 4.75. The van der Waals surface area contributed by atoms with E-state index in [4.69, 9.17) is 11.6 Å². The van der Waals surface area contributed by atoms with Crippen LogP contribution < -0.4 is 5.32 Å². The molecular weight excluding hydrogens is 232 g/mol. The lowest BCUT2D eigenvalue weighted by Gasteiger charge is -2.25. The van der Waals surface area contributed by atoms with E-state index >= 15 is 0 Å². The molecule has 1 rings (SSSR count). The molecule has 0 spiro atoms. The van der Waals surface area contributed by atoms with Gasteiger partial charge >= 0.3 is 0 Å². The van der Waals surface area contributed by atoms with Crippen molar-refractivity contribution in [2.24, 2.45) is 5.41 Å². The Hall–Kier alpha value is -0.760. The summed E-state index contributed by atoms with van der Waals surface area (Å²) in [6.07, 6.45) is 6.90. The molecule has 0 radical (unpaired) electrons. The highest BCUT2D eigenvalue weighted by Crippen LogP contribution is 2.24. The molecular formula is C14H23ClN2. The van der Waals surface area contributed by atoms with Crippen LogP contribution in [-0.4, -0.2) is 11.5 Å². The summed E-state index contributed by atoms with van der Waals surface area (Å²) in [5, 5.41) is 3.97. The van der Waals surface area contributed by atoms with E-state index in [1.807, 2.05) is 12.1 Å². The normalized spacial score (nSPS) is 11.5. The molecule has 1 N–H and O–H groups in total. The quantitative estimate of drug-likeness (QED) is 0.561. The lowest BCUT2D eigenvalue weighted by atomic mass is 9.87. The fourth-order valence-electron chi connectivity index (χ4n) is 1.80. The maximum atomic E-state index is 5.85. The zero-order valence-corrected chi connectivity index (χ0v) is 11.8. The van der Waals surface area contributed by atoms with E-state index in [0.717, 1.165) is 12.2 Å². The SMILES string of the molecule is CCCCCC(C)(C)CNc1ccnc(Cl)c1. The number of nitrogens with zero attached hydrogens (tertiary/aromatic N) is 1. The predicted molar refractivity (Wildman–Crippen MR) is 75.7 cm³/mol. The van der Waals surface area contributed by atoms with Gasteiger partial charge in [-0.15, -0.1) is 0 Å². The summed E-state index contributed by atoms with van der Waals surface area (Å²) in [6.45, 7) is 7.82. The van der Waals surface area contributed by atoms with Crippen molar-refractivity contribution in [3.63, 3.8) is 0 Å². The molecule has 1 aromatic rings. The van der Waals surface area contributed by atoms with Gasteiger partial charge in [-0.2, -0.15) is 0 Å². The molecule has 0 saturated heterocycles. The molecule has 1 aromatic heterocycles. The van der Waals surface area contributed by atoms with Gasteiger partial charge in [-0.25, -0.2) is 4.98 Å². The number of nitrogens with one attached hydrogen (secondary N) is 1. The van der Waals surface area contributed by atoms with Gasteiger partial charge < -0.3 is 5.32 Å². The Morgan fingerprint density at radius 2 is 2.12 bits per heavy atom. The minimum absolute atomic E-state index is 0.324. The minimum atomic E-state index is 0.324. The molecule has 0 saturated carbocycles. The Morgan fingerprint density at radius 3 is 2.76 bits per heavy atom. The molecule has 0 aliphatic heterocycles. The first-order valence-corrected chi connectivity index (χ1v) is 6.77. The van der Waals surface area contributed by atoms with Crippen LogP contribution in [0.15, 0.2) is 18.3 Å². The van der Waals surface area contributed by atoms with Gasteiger partial charge in [0.05, 0.1) is 0 Å². The second kappa shape index (κ2) is 6.85. The Bertz CT molecular complexity index is 337. The van der Waals surface area contributed by atoms with E-state index in [1.165, 1.54) is 25.7 Å². The fourth-order valence-corrected chi connectivity index (χ4v) is 1.97. The summed E-state index contributed by atoms with van der Waals surface area (Å²) in [5.41, 5.74) is 1.37. The van der Waals surface area contributed by atoms with E-state index in [-0.39, 0.29) is 0 Å². The van der Waals surface area contributed by atoms with Crippen LogP contribution >= 0.6 is 11.6 Å². The molecule has 0 fully saturated rings. The maximum Gasteiger partial charge on any atom is 0.131 e. The van der Waals surface area contributed by atoms with Crippen LogP contribution in [0.5, 0.6) is 0 Å². The van der Waals surface area contributed by atoms with Crippen LogP contribution in [0.2, 0.25) is 5.15 Å². The first kappa shape index (κ1) is 14.3.